The zero-order chi connectivity index (χ0) is 14.8. The van der Waals surface area contributed by atoms with E-state index in [0.29, 0.717) is 11.1 Å². The summed E-state index contributed by atoms with van der Waals surface area (Å²) in [5.41, 5.74) is 0.908. The first kappa shape index (κ1) is 15.4. The Hall–Kier alpha value is -1.00. The maximum Gasteiger partial charge on any atom is 0.128 e. The Labute approximate surface area is 119 Å². The summed E-state index contributed by atoms with van der Waals surface area (Å²) in [7, 11) is 0. The molecule has 1 heterocycles. The predicted octanol–water partition coefficient (Wildman–Crippen LogP) is 3.74. The van der Waals surface area contributed by atoms with Crippen LogP contribution in [0.5, 0.6) is 0 Å². The van der Waals surface area contributed by atoms with Crippen LogP contribution in [-0.2, 0) is 4.74 Å². The molecule has 112 valence electrons. The zero-order valence-corrected chi connectivity index (χ0v) is 12.4. The Morgan fingerprint density at radius 1 is 1.25 bits per heavy atom. The van der Waals surface area contributed by atoms with Crippen LogP contribution >= 0.6 is 0 Å². The number of halogens is 2. The molecule has 1 aliphatic rings. The third-order valence-electron chi connectivity index (χ3n) is 4.28. The molecule has 20 heavy (non-hydrogen) atoms. The fourth-order valence-corrected chi connectivity index (χ4v) is 2.54. The molecule has 0 spiro atoms. The molecule has 0 radical (unpaired) electrons. The van der Waals surface area contributed by atoms with Gasteiger partial charge in [-0.2, -0.15) is 0 Å². The van der Waals surface area contributed by atoms with E-state index in [2.05, 4.69) is 12.2 Å². The van der Waals surface area contributed by atoms with Crippen molar-refractivity contribution in [3.05, 3.63) is 34.9 Å². The Morgan fingerprint density at radius 2 is 1.90 bits per heavy atom. The SMILES string of the molecule is Cc1cc(F)c(C(C)NCC2(C)CCOCC2)cc1F. The van der Waals surface area contributed by atoms with Crippen molar-refractivity contribution in [2.75, 3.05) is 19.8 Å². The van der Waals surface area contributed by atoms with Crippen molar-refractivity contribution < 1.29 is 13.5 Å². The summed E-state index contributed by atoms with van der Waals surface area (Å²) >= 11 is 0. The number of hydrogen-bond acceptors (Lipinski definition) is 2. The highest BCUT2D eigenvalue weighted by molar-refractivity contribution is 5.27. The van der Waals surface area contributed by atoms with Crippen LogP contribution < -0.4 is 5.32 Å². The quantitative estimate of drug-likeness (QED) is 0.909. The third-order valence-corrected chi connectivity index (χ3v) is 4.28. The number of aryl methyl sites for hydroxylation is 1. The van der Waals surface area contributed by atoms with E-state index in [1.807, 2.05) is 6.92 Å². The molecule has 0 amide bonds. The van der Waals surface area contributed by atoms with Crippen molar-refractivity contribution in [2.24, 2.45) is 5.41 Å². The molecule has 1 atom stereocenters. The van der Waals surface area contributed by atoms with Gasteiger partial charge in [0.1, 0.15) is 11.6 Å². The Bertz CT molecular complexity index is 470. The van der Waals surface area contributed by atoms with Crippen molar-refractivity contribution in [3.8, 4) is 0 Å². The van der Waals surface area contributed by atoms with Crippen molar-refractivity contribution >= 4 is 0 Å². The van der Waals surface area contributed by atoms with E-state index >= 15 is 0 Å². The predicted molar refractivity (Wildman–Crippen MR) is 75.7 cm³/mol. The molecule has 2 rings (SSSR count). The smallest absolute Gasteiger partial charge is 0.128 e. The molecule has 2 nitrogen and oxygen atoms in total. The van der Waals surface area contributed by atoms with Crippen LogP contribution in [0.1, 0.15) is 43.9 Å². The van der Waals surface area contributed by atoms with Crippen LogP contribution in [0.15, 0.2) is 12.1 Å². The fraction of sp³-hybridized carbons (Fsp3) is 0.625. The average molecular weight is 283 g/mol. The van der Waals surface area contributed by atoms with E-state index < -0.39 is 0 Å². The molecule has 1 aliphatic heterocycles. The highest BCUT2D eigenvalue weighted by Crippen LogP contribution is 2.30. The minimum Gasteiger partial charge on any atom is -0.381 e. The minimum atomic E-state index is -0.354. The van der Waals surface area contributed by atoms with E-state index in [4.69, 9.17) is 4.74 Å². The summed E-state index contributed by atoms with van der Waals surface area (Å²) in [5.74, 6) is -0.701. The molecule has 4 heteroatoms. The molecule has 1 unspecified atom stereocenters. The first-order chi connectivity index (χ1) is 9.41. The van der Waals surface area contributed by atoms with Crippen LogP contribution in [0, 0.1) is 24.0 Å². The van der Waals surface area contributed by atoms with E-state index in [1.54, 1.807) is 6.92 Å². The standard InChI is InChI=1S/C16H23F2NO/c1-11-8-15(18)13(9-14(11)17)12(2)19-10-16(3)4-6-20-7-5-16/h8-9,12,19H,4-7,10H2,1-3H3. The van der Waals surface area contributed by atoms with Crippen molar-refractivity contribution in [2.45, 2.75) is 39.7 Å². The van der Waals surface area contributed by atoms with Gasteiger partial charge in [-0.1, -0.05) is 6.92 Å². The largest absolute Gasteiger partial charge is 0.381 e. The maximum atomic E-state index is 13.9. The average Bonchev–Trinajstić information content (AvgIpc) is 2.41. The van der Waals surface area contributed by atoms with Gasteiger partial charge in [0.2, 0.25) is 0 Å². The molecule has 0 saturated carbocycles. The highest BCUT2D eigenvalue weighted by atomic mass is 19.1. The number of rotatable bonds is 4. The molecule has 1 aromatic rings. The van der Waals surface area contributed by atoms with Gasteiger partial charge in [0, 0.05) is 31.4 Å². The molecule has 1 aromatic carbocycles. The second kappa shape index (κ2) is 6.19. The topological polar surface area (TPSA) is 21.3 Å². The molecule has 0 aromatic heterocycles. The molecule has 1 saturated heterocycles. The van der Waals surface area contributed by atoms with Gasteiger partial charge < -0.3 is 10.1 Å². The number of nitrogens with one attached hydrogen (secondary N) is 1. The third kappa shape index (κ3) is 3.55. The van der Waals surface area contributed by atoms with Gasteiger partial charge in [-0.15, -0.1) is 0 Å². The Kier molecular flexibility index (Phi) is 4.76. The molecule has 0 bridgehead atoms. The number of ether oxygens (including phenoxy) is 1. The molecular weight excluding hydrogens is 260 g/mol. The highest BCUT2D eigenvalue weighted by Gasteiger charge is 2.28. The summed E-state index contributed by atoms with van der Waals surface area (Å²) in [4.78, 5) is 0. The first-order valence-corrected chi connectivity index (χ1v) is 7.18. The second-order valence-corrected chi connectivity index (χ2v) is 6.15. The molecule has 1 N–H and O–H groups in total. The number of hydrogen-bond donors (Lipinski definition) is 1. The van der Waals surface area contributed by atoms with Crippen LogP contribution in [-0.4, -0.2) is 19.8 Å². The van der Waals surface area contributed by atoms with Gasteiger partial charge in [-0.05, 0) is 49.8 Å². The van der Waals surface area contributed by atoms with Gasteiger partial charge in [0.05, 0.1) is 0 Å². The molecule has 1 fully saturated rings. The molecular formula is C16H23F2NO. The number of benzene rings is 1. The normalized spacial score (nSPS) is 19.9. The lowest BCUT2D eigenvalue weighted by atomic mass is 9.82. The maximum absolute atomic E-state index is 13.9. The lowest BCUT2D eigenvalue weighted by Gasteiger charge is -2.34. The van der Waals surface area contributed by atoms with Crippen molar-refractivity contribution in [1.29, 1.82) is 0 Å². The lowest BCUT2D eigenvalue weighted by Crippen LogP contribution is -2.38. The van der Waals surface area contributed by atoms with Crippen molar-refractivity contribution in [3.63, 3.8) is 0 Å². The lowest BCUT2D eigenvalue weighted by molar-refractivity contribution is 0.0230. The van der Waals surface area contributed by atoms with E-state index in [0.717, 1.165) is 32.6 Å². The van der Waals surface area contributed by atoms with Gasteiger partial charge in [0.25, 0.3) is 0 Å². The summed E-state index contributed by atoms with van der Waals surface area (Å²) in [5, 5.41) is 3.33. The zero-order valence-electron chi connectivity index (χ0n) is 12.4. The first-order valence-electron chi connectivity index (χ1n) is 7.18. The van der Waals surface area contributed by atoms with E-state index in [1.165, 1.54) is 12.1 Å². The van der Waals surface area contributed by atoms with Gasteiger partial charge in [-0.25, -0.2) is 8.78 Å². The van der Waals surface area contributed by atoms with Crippen molar-refractivity contribution in [1.82, 2.24) is 5.32 Å². The summed E-state index contributed by atoms with van der Waals surface area (Å²) in [6.07, 6.45) is 1.99. The van der Waals surface area contributed by atoms with E-state index in [9.17, 15) is 8.78 Å². The van der Waals surface area contributed by atoms with Gasteiger partial charge in [0.15, 0.2) is 0 Å². The Morgan fingerprint density at radius 3 is 2.55 bits per heavy atom. The van der Waals surface area contributed by atoms with Crippen LogP contribution in [0.3, 0.4) is 0 Å². The van der Waals surface area contributed by atoms with Crippen LogP contribution in [0.4, 0.5) is 8.78 Å². The van der Waals surface area contributed by atoms with Crippen LogP contribution in [0.2, 0.25) is 0 Å². The second-order valence-electron chi connectivity index (χ2n) is 6.15. The van der Waals surface area contributed by atoms with E-state index in [-0.39, 0.29) is 23.1 Å². The fourth-order valence-electron chi connectivity index (χ4n) is 2.54. The molecule has 0 aliphatic carbocycles. The van der Waals surface area contributed by atoms with Gasteiger partial charge >= 0.3 is 0 Å². The van der Waals surface area contributed by atoms with Gasteiger partial charge in [-0.3, -0.25) is 0 Å². The van der Waals surface area contributed by atoms with Crippen LogP contribution in [0.25, 0.3) is 0 Å². The summed E-state index contributed by atoms with van der Waals surface area (Å²) < 4.78 is 32.9. The monoisotopic (exact) mass is 283 g/mol. The summed E-state index contributed by atoms with van der Waals surface area (Å²) in [6, 6.07) is 2.36. The Balaban J connectivity index is 2.01. The minimum absolute atomic E-state index is 0.173. The summed E-state index contributed by atoms with van der Waals surface area (Å²) in [6.45, 7) is 7.99.